The van der Waals surface area contributed by atoms with Crippen LogP contribution in [0.15, 0.2) is 18.3 Å². The van der Waals surface area contributed by atoms with E-state index in [0.717, 1.165) is 31.0 Å². The Balaban J connectivity index is 2.31. The van der Waals surface area contributed by atoms with E-state index in [1.807, 2.05) is 0 Å². The topological polar surface area (TPSA) is 16.1 Å². The molecular formula is C13H21FN2. The first-order valence-corrected chi connectivity index (χ1v) is 5.90. The molecule has 0 saturated heterocycles. The van der Waals surface area contributed by atoms with Gasteiger partial charge in [-0.3, -0.25) is 0 Å². The molecule has 0 amide bonds. The van der Waals surface area contributed by atoms with Crippen LogP contribution in [-0.4, -0.2) is 30.0 Å². The summed E-state index contributed by atoms with van der Waals surface area (Å²) >= 11 is 0. The third kappa shape index (κ3) is 4.71. The van der Waals surface area contributed by atoms with Crippen LogP contribution < -0.4 is 0 Å². The van der Waals surface area contributed by atoms with Crippen molar-refractivity contribution in [3.05, 3.63) is 29.8 Å². The average Bonchev–Trinajstić information content (AvgIpc) is 2.28. The molecule has 2 nitrogen and oxygen atoms in total. The largest absolute Gasteiger partial charge is 0.306 e. The number of hydrogen-bond acceptors (Lipinski definition) is 2. The summed E-state index contributed by atoms with van der Waals surface area (Å²) in [6.07, 6.45) is 3.76. The van der Waals surface area contributed by atoms with Crippen LogP contribution in [0.2, 0.25) is 0 Å². The molecule has 0 saturated carbocycles. The molecule has 16 heavy (non-hydrogen) atoms. The van der Waals surface area contributed by atoms with Gasteiger partial charge >= 0.3 is 0 Å². The van der Waals surface area contributed by atoms with E-state index in [0.29, 0.717) is 0 Å². The first kappa shape index (κ1) is 13.1. The molecule has 90 valence electrons. The van der Waals surface area contributed by atoms with Crippen molar-refractivity contribution in [3.8, 4) is 0 Å². The lowest BCUT2D eigenvalue weighted by molar-refractivity contribution is 0.285. The number of aromatic nitrogens is 1. The second-order valence-electron chi connectivity index (χ2n) is 4.51. The second-order valence-corrected chi connectivity index (χ2v) is 4.51. The third-order valence-electron chi connectivity index (χ3n) is 2.89. The summed E-state index contributed by atoms with van der Waals surface area (Å²) in [4.78, 5) is 5.97. The van der Waals surface area contributed by atoms with E-state index in [9.17, 15) is 4.39 Å². The van der Waals surface area contributed by atoms with Crippen molar-refractivity contribution in [1.29, 1.82) is 0 Å². The zero-order valence-corrected chi connectivity index (χ0v) is 10.4. The molecule has 0 aliphatic carbocycles. The molecule has 1 aromatic heterocycles. The van der Waals surface area contributed by atoms with Gasteiger partial charge in [0.2, 0.25) is 5.95 Å². The van der Waals surface area contributed by atoms with Crippen molar-refractivity contribution in [2.75, 3.05) is 20.1 Å². The highest BCUT2D eigenvalue weighted by Gasteiger charge is 2.04. The molecule has 1 unspecified atom stereocenters. The molecule has 0 aliphatic heterocycles. The Bertz CT molecular complexity index is 297. The molecule has 0 radical (unpaired) electrons. The number of rotatable bonds is 6. The van der Waals surface area contributed by atoms with Crippen LogP contribution in [0.4, 0.5) is 4.39 Å². The van der Waals surface area contributed by atoms with Crippen LogP contribution in [-0.2, 0) is 6.42 Å². The van der Waals surface area contributed by atoms with E-state index < -0.39 is 5.95 Å². The fraction of sp³-hybridized carbons (Fsp3) is 0.615. The third-order valence-corrected chi connectivity index (χ3v) is 2.89. The number of nitrogens with zero attached hydrogens (tertiary/aromatic N) is 2. The number of pyridine rings is 1. The fourth-order valence-electron chi connectivity index (χ4n) is 1.63. The molecule has 1 rings (SSSR count). The number of hydrogen-bond donors (Lipinski definition) is 0. The van der Waals surface area contributed by atoms with Crippen LogP contribution in [0.1, 0.15) is 25.8 Å². The van der Waals surface area contributed by atoms with Crippen molar-refractivity contribution in [2.24, 2.45) is 5.92 Å². The van der Waals surface area contributed by atoms with E-state index in [4.69, 9.17) is 0 Å². The maximum Gasteiger partial charge on any atom is 0.212 e. The van der Waals surface area contributed by atoms with E-state index in [1.165, 1.54) is 12.5 Å². The van der Waals surface area contributed by atoms with Crippen LogP contribution >= 0.6 is 0 Å². The first-order chi connectivity index (χ1) is 7.61. The predicted octanol–water partition coefficient (Wildman–Crippen LogP) is 2.74. The Morgan fingerprint density at radius 1 is 1.44 bits per heavy atom. The second kappa shape index (κ2) is 6.59. The molecule has 0 fully saturated rings. The van der Waals surface area contributed by atoms with E-state index >= 15 is 0 Å². The zero-order valence-electron chi connectivity index (χ0n) is 10.4. The highest BCUT2D eigenvalue weighted by molar-refractivity contribution is 5.09. The molecule has 0 N–H and O–H groups in total. The Labute approximate surface area is 97.5 Å². The Kier molecular flexibility index (Phi) is 5.39. The summed E-state index contributed by atoms with van der Waals surface area (Å²) in [5.41, 5.74) is 1.09. The van der Waals surface area contributed by atoms with Crippen LogP contribution in [0.5, 0.6) is 0 Å². The molecule has 0 aliphatic rings. The maximum atomic E-state index is 12.6. The normalized spacial score (nSPS) is 13.1. The lowest BCUT2D eigenvalue weighted by Gasteiger charge is -2.20. The van der Waals surface area contributed by atoms with Gasteiger partial charge in [0.25, 0.3) is 0 Å². The predicted molar refractivity (Wildman–Crippen MR) is 64.9 cm³/mol. The van der Waals surface area contributed by atoms with Gasteiger partial charge < -0.3 is 4.90 Å². The smallest absolute Gasteiger partial charge is 0.212 e. The van der Waals surface area contributed by atoms with Crippen LogP contribution in [0.25, 0.3) is 0 Å². The Hall–Kier alpha value is -0.960. The van der Waals surface area contributed by atoms with Gasteiger partial charge in [0.15, 0.2) is 0 Å². The standard InChI is InChI=1S/C13H21FN2/c1-4-11(2)10-16(3)8-7-12-5-6-13(14)15-9-12/h5-6,9,11H,4,7-8,10H2,1-3H3. The summed E-state index contributed by atoms with van der Waals surface area (Å²) in [6, 6.07) is 3.23. The van der Waals surface area contributed by atoms with Gasteiger partial charge in [-0.05, 0) is 31.0 Å². The van der Waals surface area contributed by atoms with Gasteiger partial charge in [0.1, 0.15) is 0 Å². The molecule has 1 heterocycles. The minimum atomic E-state index is -0.406. The highest BCUT2D eigenvalue weighted by atomic mass is 19.1. The van der Waals surface area contributed by atoms with Gasteiger partial charge in [-0.25, -0.2) is 4.98 Å². The van der Waals surface area contributed by atoms with Gasteiger partial charge in [-0.1, -0.05) is 26.3 Å². The fourth-order valence-corrected chi connectivity index (χ4v) is 1.63. The summed E-state index contributed by atoms with van der Waals surface area (Å²) in [7, 11) is 2.13. The zero-order chi connectivity index (χ0) is 12.0. The van der Waals surface area contributed by atoms with Crippen molar-refractivity contribution < 1.29 is 4.39 Å². The molecule has 3 heteroatoms. The molecule has 1 atom stereocenters. The van der Waals surface area contributed by atoms with E-state index in [1.54, 1.807) is 12.3 Å². The van der Waals surface area contributed by atoms with Gasteiger partial charge in [0, 0.05) is 19.3 Å². The summed E-state index contributed by atoms with van der Waals surface area (Å²) in [5, 5.41) is 0. The van der Waals surface area contributed by atoms with E-state index in [2.05, 4.69) is 30.8 Å². The summed E-state index contributed by atoms with van der Waals surface area (Å²) in [5.74, 6) is 0.327. The SMILES string of the molecule is CCC(C)CN(C)CCc1ccc(F)nc1. The minimum absolute atomic E-state index is 0.406. The maximum absolute atomic E-state index is 12.6. The summed E-state index contributed by atoms with van der Waals surface area (Å²) in [6.45, 7) is 6.58. The molecule has 1 aromatic rings. The van der Waals surface area contributed by atoms with Crippen molar-refractivity contribution in [3.63, 3.8) is 0 Å². The Morgan fingerprint density at radius 3 is 2.75 bits per heavy atom. The van der Waals surface area contributed by atoms with Gasteiger partial charge in [0.05, 0.1) is 0 Å². The monoisotopic (exact) mass is 224 g/mol. The average molecular weight is 224 g/mol. The molecule has 0 spiro atoms. The van der Waals surface area contributed by atoms with Crippen LogP contribution in [0.3, 0.4) is 0 Å². The molecule has 0 bridgehead atoms. The molecular weight excluding hydrogens is 203 g/mol. The quantitative estimate of drug-likeness (QED) is 0.691. The van der Waals surface area contributed by atoms with Crippen molar-refractivity contribution in [2.45, 2.75) is 26.7 Å². The van der Waals surface area contributed by atoms with Crippen molar-refractivity contribution in [1.82, 2.24) is 9.88 Å². The van der Waals surface area contributed by atoms with Crippen molar-refractivity contribution >= 4 is 0 Å². The summed E-state index contributed by atoms with van der Waals surface area (Å²) < 4.78 is 12.6. The Morgan fingerprint density at radius 2 is 2.19 bits per heavy atom. The number of halogens is 1. The highest BCUT2D eigenvalue weighted by Crippen LogP contribution is 2.05. The van der Waals surface area contributed by atoms with Crippen LogP contribution in [0, 0.1) is 11.9 Å². The first-order valence-electron chi connectivity index (χ1n) is 5.90. The minimum Gasteiger partial charge on any atom is -0.306 e. The molecule has 0 aromatic carbocycles. The number of likely N-dealkylation sites (N-methyl/N-ethyl adjacent to an activating group) is 1. The lowest BCUT2D eigenvalue weighted by Crippen LogP contribution is -2.26. The van der Waals surface area contributed by atoms with Gasteiger partial charge in [-0.2, -0.15) is 4.39 Å². The lowest BCUT2D eigenvalue weighted by atomic mass is 10.1. The van der Waals surface area contributed by atoms with E-state index in [-0.39, 0.29) is 0 Å². The van der Waals surface area contributed by atoms with Gasteiger partial charge in [-0.15, -0.1) is 0 Å².